The molecule has 130 valence electrons. The number of hydrogen-bond donors (Lipinski definition) is 2. The van der Waals surface area contributed by atoms with Crippen molar-refractivity contribution in [3.63, 3.8) is 0 Å². The molecule has 0 spiro atoms. The molecule has 0 aliphatic rings. The molecule has 4 aromatic rings. The summed E-state index contributed by atoms with van der Waals surface area (Å²) < 4.78 is 2.04. The van der Waals surface area contributed by atoms with Crippen LogP contribution in [0.3, 0.4) is 0 Å². The van der Waals surface area contributed by atoms with Crippen LogP contribution in [-0.2, 0) is 13.1 Å². The summed E-state index contributed by atoms with van der Waals surface area (Å²) in [5.74, 6) is 1.06. The minimum atomic E-state index is 0.240. The first-order valence-corrected chi connectivity index (χ1v) is 8.43. The number of pyridine rings is 1. The van der Waals surface area contributed by atoms with Gasteiger partial charge in [0.05, 0.1) is 6.20 Å². The summed E-state index contributed by atoms with van der Waals surface area (Å²) in [5.41, 5.74) is 17.1. The number of benzene rings is 1. The number of fused-ring (bicyclic) bond motifs is 1. The molecule has 0 unspecified atom stereocenters. The molecule has 3 heterocycles. The fraction of sp³-hybridized carbons (Fsp3) is 0.158. The van der Waals surface area contributed by atoms with Gasteiger partial charge in [-0.15, -0.1) is 0 Å². The van der Waals surface area contributed by atoms with Crippen molar-refractivity contribution in [1.82, 2.24) is 24.5 Å². The zero-order valence-electron chi connectivity index (χ0n) is 14.4. The third-order valence-electron chi connectivity index (χ3n) is 4.36. The molecule has 7 nitrogen and oxygen atoms in total. The van der Waals surface area contributed by atoms with Gasteiger partial charge in [-0.3, -0.25) is 4.98 Å². The van der Waals surface area contributed by atoms with Crippen molar-refractivity contribution < 1.29 is 0 Å². The molecule has 0 bridgehead atoms. The lowest BCUT2D eigenvalue weighted by atomic mass is 9.99. The smallest absolute Gasteiger partial charge is 0.222 e. The summed E-state index contributed by atoms with van der Waals surface area (Å²) in [6, 6.07) is 10.1. The summed E-state index contributed by atoms with van der Waals surface area (Å²) in [7, 11) is 0. The standard InChI is InChI=1S/C19H19N7/c1-2-26-17(24-16-11-23-19(21)25-18(16)26)14-6-7-22-10-15(14)13-5-3-4-12(8-13)9-20/h3-8,10-11H,2,9,20H2,1H3,(H2,21,23,25). The van der Waals surface area contributed by atoms with Crippen LogP contribution in [-0.4, -0.2) is 24.5 Å². The Labute approximate surface area is 150 Å². The molecule has 1 aromatic carbocycles. The molecule has 0 fully saturated rings. The maximum absolute atomic E-state index is 5.80. The molecule has 0 aliphatic carbocycles. The van der Waals surface area contributed by atoms with Gasteiger partial charge in [-0.25, -0.2) is 9.97 Å². The zero-order chi connectivity index (χ0) is 18.1. The molecule has 0 aliphatic heterocycles. The molecule has 26 heavy (non-hydrogen) atoms. The fourth-order valence-corrected chi connectivity index (χ4v) is 3.12. The highest BCUT2D eigenvalue weighted by Crippen LogP contribution is 2.32. The second-order valence-electron chi connectivity index (χ2n) is 5.94. The predicted octanol–water partition coefficient (Wildman–Crippen LogP) is 2.62. The third-order valence-corrected chi connectivity index (χ3v) is 4.36. The maximum atomic E-state index is 5.80. The van der Waals surface area contributed by atoms with Gasteiger partial charge in [-0.1, -0.05) is 18.2 Å². The Morgan fingerprint density at radius 2 is 1.96 bits per heavy atom. The van der Waals surface area contributed by atoms with E-state index >= 15 is 0 Å². The Kier molecular flexibility index (Phi) is 4.06. The molecule has 7 heteroatoms. The second kappa shape index (κ2) is 6.53. The summed E-state index contributed by atoms with van der Waals surface area (Å²) in [5, 5.41) is 0. The number of anilines is 1. The number of imidazole rings is 1. The van der Waals surface area contributed by atoms with Gasteiger partial charge in [0.2, 0.25) is 5.95 Å². The lowest BCUT2D eigenvalue weighted by molar-refractivity contribution is 0.787. The highest BCUT2D eigenvalue weighted by Gasteiger charge is 2.17. The number of aryl methyl sites for hydroxylation is 1. The summed E-state index contributed by atoms with van der Waals surface area (Å²) in [6.45, 7) is 3.26. The SMILES string of the molecule is CCn1c(-c2ccncc2-c2cccc(CN)c2)nc2cnc(N)nc21. The van der Waals surface area contributed by atoms with Crippen LogP contribution in [0.4, 0.5) is 5.95 Å². The highest BCUT2D eigenvalue weighted by molar-refractivity contribution is 5.85. The van der Waals surface area contributed by atoms with Gasteiger partial charge in [0.1, 0.15) is 11.3 Å². The quantitative estimate of drug-likeness (QED) is 0.588. The van der Waals surface area contributed by atoms with Crippen molar-refractivity contribution in [3.05, 3.63) is 54.5 Å². The Hall–Kier alpha value is -3.32. The van der Waals surface area contributed by atoms with Crippen molar-refractivity contribution in [2.24, 2.45) is 5.73 Å². The van der Waals surface area contributed by atoms with Crippen molar-refractivity contribution >= 4 is 17.1 Å². The Morgan fingerprint density at radius 3 is 2.77 bits per heavy atom. The van der Waals surface area contributed by atoms with E-state index in [1.807, 2.05) is 29.0 Å². The molecule has 4 rings (SSSR count). The van der Waals surface area contributed by atoms with Crippen LogP contribution in [0.25, 0.3) is 33.7 Å². The average molecular weight is 345 g/mol. The molecule has 0 saturated heterocycles. The Balaban J connectivity index is 1.96. The minimum absolute atomic E-state index is 0.240. The van der Waals surface area contributed by atoms with E-state index in [0.29, 0.717) is 13.1 Å². The number of hydrogen-bond acceptors (Lipinski definition) is 6. The number of nitrogen functional groups attached to an aromatic ring is 1. The first kappa shape index (κ1) is 16.2. The molecule has 0 saturated carbocycles. The maximum Gasteiger partial charge on any atom is 0.222 e. The van der Waals surface area contributed by atoms with Gasteiger partial charge in [0, 0.05) is 36.6 Å². The van der Waals surface area contributed by atoms with Crippen molar-refractivity contribution in [1.29, 1.82) is 0 Å². The van der Waals surface area contributed by atoms with Crippen molar-refractivity contribution in [2.45, 2.75) is 20.0 Å². The minimum Gasteiger partial charge on any atom is -0.368 e. The first-order valence-electron chi connectivity index (χ1n) is 8.43. The van der Waals surface area contributed by atoms with Gasteiger partial charge in [0.25, 0.3) is 0 Å². The lowest BCUT2D eigenvalue weighted by Crippen LogP contribution is -2.02. The van der Waals surface area contributed by atoms with Crippen LogP contribution in [0, 0.1) is 0 Å². The Morgan fingerprint density at radius 1 is 1.08 bits per heavy atom. The molecule has 0 amide bonds. The molecule has 3 aromatic heterocycles. The van der Waals surface area contributed by atoms with E-state index in [2.05, 4.69) is 34.0 Å². The van der Waals surface area contributed by atoms with E-state index in [9.17, 15) is 0 Å². The van der Waals surface area contributed by atoms with Crippen LogP contribution in [0.1, 0.15) is 12.5 Å². The molecule has 0 radical (unpaired) electrons. The topological polar surface area (TPSA) is 109 Å². The predicted molar refractivity (Wildman–Crippen MR) is 102 cm³/mol. The number of nitrogens with two attached hydrogens (primary N) is 2. The van der Waals surface area contributed by atoms with E-state index in [-0.39, 0.29) is 5.95 Å². The monoisotopic (exact) mass is 345 g/mol. The highest BCUT2D eigenvalue weighted by atomic mass is 15.2. The van der Waals surface area contributed by atoms with Crippen LogP contribution >= 0.6 is 0 Å². The van der Waals surface area contributed by atoms with E-state index < -0.39 is 0 Å². The van der Waals surface area contributed by atoms with Crippen LogP contribution in [0.15, 0.2) is 48.9 Å². The lowest BCUT2D eigenvalue weighted by Gasteiger charge is -2.11. The number of rotatable bonds is 4. The number of aromatic nitrogens is 5. The fourth-order valence-electron chi connectivity index (χ4n) is 3.12. The molecule has 0 atom stereocenters. The van der Waals surface area contributed by atoms with Crippen LogP contribution < -0.4 is 11.5 Å². The van der Waals surface area contributed by atoms with Crippen LogP contribution in [0.5, 0.6) is 0 Å². The molecular formula is C19H19N7. The van der Waals surface area contributed by atoms with Gasteiger partial charge in [0.15, 0.2) is 5.65 Å². The van der Waals surface area contributed by atoms with Gasteiger partial charge in [-0.05, 0) is 30.2 Å². The van der Waals surface area contributed by atoms with Crippen LogP contribution in [0.2, 0.25) is 0 Å². The van der Waals surface area contributed by atoms with E-state index in [1.165, 1.54) is 0 Å². The summed E-state index contributed by atoms with van der Waals surface area (Å²) in [6.07, 6.45) is 5.28. The van der Waals surface area contributed by atoms with Gasteiger partial charge < -0.3 is 16.0 Å². The van der Waals surface area contributed by atoms with Gasteiger partial charge >= 0.3 is 0 Å². The summed E-state index contributed by atoms with van der Waals surface area (Å²) >= 11 is 0. The zero-order valence-corrected chi connectivity index (χ0v) is 14.4. The van der Waals surface area contributed by atoms with Crippen molar-refractivity contribution in [2.75, 3.05) is 5.73 Å². The number of nitrogens with zero attached hydrogens (tertiary/aromatic N) is 5. The normalized spacial score (nSPS) is 11.2. The molecule has 4 N–H and O–H groups in total. The third kappa shape index (κ3) is 2.68. The Bertz CT molecular complexity index is 1080. The van der Waals surface area contributed by atoms with Gasteiger partial charge in [-0.2, -0.15) is 4.98 Å². The summed E-state index contributed by atoms with van der Waals surface area (Å²) in [4.78, 5) is 17.5. The second-order valence-corrected chi connectivity index (χ2v) is 5.94. The average Bonchev–Trinajstić information content (AvgIpc) is 3.05. The largest absolute Gasteiger partial charge is 0.368 e. The van der Waals surface area contributed by atoms with Crippen molar-refractivity contribution in [3.8, 4) is 22.5 Å². The first-order chi connectivity index (χ1) is 12.7. The van der Waals surface area contributed by atoms with E-state index in [1.54, 1.807) is 12.4 Å². The van der Waals surface area contributed by atoms with E-state index in [0.717, 1.165) is 39.2 Å². The van der Waals surface area contributed by atoms with E-state index in [4.69, 9.17) is 16.5 Å². The molecular weight excluding hydrogens is 326 g/mol.